The number of carboxylic acids is 1. The normalized spacial score (nSPS) is 16.4. The van der Waals surface area contributed by atoms with Crippen LogP contribution in [0.2, 0.25) is 0 Å². The van der Waals surface area contributed by atoms with E-state index in [1.54, 1.807) is 12.1 Å². The standard InChI is InChI=1S/C27H27F5N2O4/c1-37-17-2-3-23-18(14-17)24(22(32)15-33-23)19(29)4-5-27(26(35)36)6-8-34(9-7-27)10-11-38-25-20(30)12-16(28)13-21(25)31/h2-3,12-15,19H,4-11H2,1H3,(H,35,36). The first-order chi connectivity index (χ1) is 18.1. The second-order valence-electron chi connectivity index (χ2n) is 9.38. The molecule has 1 fully saturated rings. The van der Waals surface area contributed by atoms with Crippen molar-refractivity contribution in [1.82, 2.24) is 9.88 Å². The number of aromatic nitrogens is 1. The van der Waals surface area contributed by atoms with E-state index in [-0.39, 0.29) is 49.8 Å². The Kier molecular flexibility index (Phi) is 8.35. The maximum Gasteiger partial charge on any atom is 0.309 e. The van der Waals surface area contributed by atoms with Gasteiger partial charge in [0.25, 0.3) is 0 Å². The fourth-order valence-electron chi connectivity index (χ4n) is 4.88. The molecule has 11 heteroatoms. The van der Waals surface area contributed by atoms with Gasteiger partial charge in [0.2, 0.25) is 0 Å². The molecule has 204 valence electrons. The summed E-state index contributed by atoms with van der Waals surface area (Å²) in [5, 5.41) is 10.2. The van der Waals surface area contributed by atoms with E-state index in [2.05, 4.69) is 4.98 Å². The van der Waals surface area contributed by atoms with Gasteiger partial charge in [-0.3, -0.25) is 14.7 Å². The highest BCUT2D eigenvalue weighted by molar-refractivity contribution is 5.84. The molecule has 1 saturated heterocycles. The number of rotatable bonds is 10. The third-order valence-electron chi connectivity index (χ3n) is 7.14. The smallest absolute Gasteiger partial charge is 0.309 e. The molecule has 2 heterocycles. The maximum atomic E-state index is 15.4. The van der Waals surface area contributed by atoms with Gasteiger partial charge in [0.05, 0.1) is 24.2 Å². The minimum absolute atomic E-state index is 0.00688. The molecule has 1 N–H and O–H groups in total. The highest BCUT2D eigenvalue weighted by Gasteiger charge is 2.42. The molecule has 2 aromatic carbocycles. The van der Waals surface area contributed by atoms with Crippen molar-refractivity contribution in [3.8, 4) is 11.5 Å². The molecule has 1 aromatic heterocycles. The predicted molar refractivity (Wildman–Crippen MR) is 129 cm³/mol. The summed E-state index contributed by atoms with van der Waals surface area (Å²) in [7, 11) is 1.44. The second-order valence-corrected chi connectivity index (χ2v) is 9.38. The number of nitrogens with zero attached hydrogens (tertiary/aromatic N) is 2. The quantitative estimate of drug-likeness (QED) is 0.327. The van der Waals surface area contributed by atoms with E-state index in [1.807, 2.05) is 4.90 Å². The molecule has 1 aliphatic heterocycles. The van der Waals surface area contributed by atoms with Gasteiger partial charge in [-0.05, 0) is 57.0 Å². The molecule has 0 spiro atoms. The van der Waals surface area contributed by atoms with Crippen LogP contribution in [0.4, 0.5) is 22.0 Å². The number of pyridine rings is 1. The third kappa shape index (κ3) is 5.82. The van der Waals surface area contributed by atoms with Crippen LogP contribution in [-0.4, -0.2) is 54.3 Å². The van der Waals surface area contributed by atoms with Crippen LogP contribution in [0.25, 0.3) is 10.9 Å². The average molecular weight is 539 g/mol. The summed E-state index contributed by atoms with van der Waals surface area (Å²) in [4.78, 5) is 18.1. The molecule has 0 aliphatic carbocycles. The largest absolute Gasteiger partial charge is 0.497 e. The number of hydrogen-bond acceptors (Lipinski definition) is 5. The lowest BCUT2D eigenvalue weighted by Crippen LogP contribution is -2.45. The minimum atomic E-state index is -1.75. The van der Waals surface area contributed by atoms with Gasteiger partial charge in [-0.2, -0.15) is 0 Å². The van der Waals surface area contributed by atoms with E-state index < -0.39 is 46.6 Å². The molecule has 1 atom stereocenters. The van der Waals surface area contributed by atoms with Crippen molar-refractivity contribution < 1.29 is 41.3 Å². The summed E-state index contributed by atoms with van der Waals surface area (Å²) in [5.74, 6) is -5.48. The zero-order valence-electron chi connectivity index (χ0n) is 20.7. The number of aliphatic carboxylic acids is 1. The van der Waals surface area contributed by atoms with E-state index in [0.717, 1.165) is 6.20 Å². The van der Waals surface area contributed by atoms with Gasteiger partial charge in [-0.15, -0.1) is 0 Å². The van der Waals surface area contributed by atoms with E-state index in [9.17, 15) is 27.5 Å². The lowest BCUT2D eigenvalue weighted by molar-refractivity contribution is -0.153. The van der Waals surface area contributed by atoms with Crippen molar-refractivity contribution in [2.24, 2.45) is 5.41 Å². The van der Waals surface area contributed by atoms with Gasteiger partial charge in [0, 0.05) is 29.6 Å². The van der Waals surface area contributed by atoms with Crippen molar-refractivity contribution in [3.63, 3.8) is 0 Å². The Bertz CT molecular complexity index is 1290. The SMILES string of the molecule is COc1ccc2ncc(F)c(C(F)CCC3(C(=O)O)CCN(CCOc4c(F)cc(F)cc4F)CC3)c2c1. The lowest BCUT2D eigenvalue weighted by Gasteiger charge is -2.39. The highest BCUT2D eigenvalue weighted by atomic mass is 19.2. The maximum absolute atomic E-state index is 15.4. The molecular weight excluding hydrogens is 511 g/mol. The molecule has 3 aromatic rings. The number of benzene rings is 2. The van der Waals surface area contributed by atoms with Crippen LogP contribution in [0.3, 0.4) is 0 Å². The van der Waals surface area contributed by atoms with Crippen molar-refractivity contribution in [2.45, 2.75) is 31.9 Å². The molecule has 38 heavy (non-hydrogen) atoms. The van der Waals surface area contributed by atoms with Crippen LogP contribution in [0.5, 0.6) is 11.5 Å². The highest BCUT2D eigenvalue weighted by Crippen LogP contribution is 2.41. The van der Waals surface area contributed by atoms with Gasteiger partial charge in [-0.1, -0.05) is 0 Å². The van der Waals surface area contributed by atoms with Crippen LogP contribution < -0.4 is 9.47 Å². The Morgan fingerprint density at radius 2 is 1.79 bits per heavy atom. The Balaban J connectivity index is 1.37. The molecule has 0 radical (unpaired) electrons. The summed E-state index contributed by atoms with van der Waals surface area (Å²) in [6.45, 7) is 0.840. The summed E-state index contributed by atoms with van der Waals surface area (Å²) in [5.41, 5.74) is -0.980. The number of alkyl halides is 1. The number of carbonyl (C=O) groups is 1. The van der Waals surface area contributed by atoms with Crippen LogP contribution in [0.1, 0.15) is 37.4 Å². The zero-order chi connectivity index (χ0) is 27.4. The summed E-state index contributed by atoms with van der Waals surface area (Å²) in [6, 6.07) is 5.78. The number of halogens is 5. The minimum Gasteiger partial charge on any atom is -0.497 e. The van der Waals surface area contributed by atoms with Crippen molar-refractivity contribution in [1.29, 1.82) is 0 Å². The fourth-order valence-corrected chi connectivity index (χ4v) is 4.88. The van der Waals surface area contributed by atoms with E-state index >= 15 is 4.39 Å². The first-order valence-electron chi connectivity index (χ1n) is 12.1. The van der Waals surface area contributed by atoms with Gasteiger partial charge in [0.1, 0.15) is 30.2 Å². The van der Waals surface area contributed by atoms with Crippen LogP contribution >= 0.6 is 0 Å². The molecule has 1 unspecified atom stereocenters. The van der Waals surface area contributed by atoms with Gasteiger partial charge < -0.3 is 14.6 Å². The van der Waals surface area contributed by atoms with Gasteiger partial charge in [0.15, 0.2) is 17.4 Å². The Morgan fingerprint density at radius 3 is 2.42 bits per heavy atom. The number of ether oxygens (including phenoxy) is 2. The van der Waals surface area contributed by atoms with Crippen LogP contribution in [0.15, 0.2) is 36.5 Å². The second kappa shape index (κ2) is 11.5. The average Bonchev–Trinajstić information content (AvgIpc) is 2.89. The van der Waals surface area contributed by atoms with E-state index in [4.69, 9.17) is 9.47 Å². The van der Waals surface area contributed by atoms with E-state index in [1.165, 1.54) is 13.2 Å². The third-order valence-corrected chi connectivity index (χ3v) is 7.14. The number of fused-ring (bicyclic) bond motifs is 1. The Labute approximate surface area is 216 Å². The fraction of sp³-hybridized carbons (Fsp3) is 0.407. The lowest BCUT2D eigenvalue weighted by atomic mass is 9.74. The van der Waals surface area contributed by atoms with Crippen LogP contribution in [-0.2, 0) is 4.79 Å². The summed E-state index contributed by atoms with van der Waals surface area (Å²) < 4.78 is 80.9. The van der Waals surface area contributed by atoms with Crippen molar-refractivity contribution in [2.75, 3.05) is 33.4 Å². The number of piperidine rings is 1. The van der Waals surface area contributed by atoms with Crippen molar-refractivity contribution >= 4 is 16.9 Å². The van der Waals surface area contributed by atoms with Gasteiger partial charge >= 0.3 is 5.97 Å². The first kappa shape index (κ1) is 27.6. The molecule has 0 saturated carbocycles. The summed E-state index contributed by atoms with van der Waals surface area (Å²) in [6.07, 6.45) is -0.591. The van der Waals surface area contributed by atoms with Crippen LogP contribution in [0, 0.1) is 28.7 Å². The molecular formula is C27H27F5N2O4. The number of hydrogen-bond donors (Lipinski definition) is 1. The number of carboxylic acid groups (broad SMARTS) is 1. The van der Waals surface area contributed by atoms with Crippen molar-refractivity contribution in [3.05, 3.63) is 65.4 Å². The monoisotopic (exact) mass is 538 g/mol. The molecule has 0 bridgehead atoms. The Morgan fingerprint density at radius 1 is 1.11 bits per heavy atom. The zero-order valence-corrected chi connectivity index (χ0v) is 20.7. The molecule has 0 amide bonds. The summed E-state index contributed by atoms with van der Waals surface area (Å²) >= 11 is 0. The molecule has 1 aliphatic rings. The topological polar surface area (TPSA) is 71.9 Å². The molecule has 6 nitrogen and oxygen atoms in total. The number of methoxy groups -OCH3 is 1. The predicted octanol–water partition coefficient (Wildman–Crippen LogP) is 5.84. The Hall–Kier alpha value is -3.47. The van der Waals surface area contributed by atoms with E-state index in [0.29, 0.717) is 36.5 Å². The first-order valence-corrected chi connectivity index (χ1v) is 12.1. The van der Waals surface area contributed by atoms with Gasteiger partial charge in [-0.25, -0.2) is 22.0 Å². The number of likely N-dealkylation sites (tertiary alicyclic amines) is 1. The molecule has 4 rings (SSSR count).